The summed E-state index contributed by atoms with van der Waals surface area (Å²) in [5.74, 6) is -0.0987. The summed E-state index contributed by atoms with van der Waals surface area (Å²) in [7, 11) is -2.60. The molecule has 1 fully saturated rings. The summed E-state index contributed by atoms with van der Waals surface area (Å²) >= 11 is 0. The third kappa shape index (κ3) is 6.56. The summed E-state index contributed by atoms with van der Waals surface area (Å²) in [5, 5.41) is 11.1. The van der Waals surface area contributed by atoms with Crippen LogP contribution in [-0.2, 0) is 28.0 Å². The standard InChI is InChI=1S/C32H33F3N8O4S/c1-31(2,3)47-30(44)42-14-8-9-21(18-42)38-29-36-16-25(32(33,34)35)28(39-29)24-19-43(48(45,46)22-10-6-5-7-11-22)26-15-20(12-13-23(24)26)27-17-37-40-41(27)4/h5-7,10-13,15-17,19,21H,8-9,14,18H2,1-4H3,(H,36,38,39)/t21-/m0/s1. The van der Waals surface area contributed by atoms with Crippen molar-refractivity contribution >= 4 is 33.0 Å². The minimum Gasteiger partial charge on any atom is -0.444 e. The van der Waals surface area contributed by atoms with Gasteiger partial charge in [0, 0.05) is 55.1 Å². The van der Waals surface area contributed by atoms with Crippen molar-refractivity contribution in [3.63, 3.8) is 0 Å². The Hall–Kier alpha value is -4.99. The first-order valence-electron chi connectivity index (χ1n) is 15.1. The number of nitrogens with zero attached hydrogens (tertiary/aromatic N) is 7. The minimum atomic E-state index is -4.86. The van der Waals surface area contributed by atoms with E-state index in [9.17, 15) is 26.4 Å². The van der Waals surface area contributed by atoms with Crippen molar-refractivity contribution in [3.8, 4) is 22.5 Å². The molecular formula is C32H33F3N8O4S. The van der Waals surface area contributed by atoms with Crippen LogP contribution in [-0.4, -0.2) is 73.1 Å². The van der Waals surface area contributed by atoms with E-state index in [1.807, 2.05) is 0 Å². The molecule has 0 bridgehead atoms. The van der Waals surface area contributed by atoms with E-state index in [-0.39, 0.29) is 39.9 Å². The maximum absolute atomic E-state index is 14.5. The number of halogens is 3. The van der Waals surface area contributed by atoms with Gasteiger partial charge in [-0.2, -0.15) is 13.2 Å². The third-order valence-corrected chi connectivity index (χ3v) is 9.53. The van der Waals surface area contributed by atoms with E-state index < -0.39 is 39.2 Å². The van der Waals surface area contributed by atoms with Gasteiger partial charge in [-0.3, -0.25) is 0 Å². The molecule has 1 aliphatic heterocycles. The number of hydrogen-bond donors (Lipinski definition) is 1. The van der Waals surface area contributed by atoms with E-state index >= 15 is 0 Å². The zero-order valence-electron chi connectivity index (χ0n) is 26.6. The van der Waals surface area contributed by atoms with Crippen LogP contribution < -0.4 is 5.32 Å². The van der Waals surface area contributed by atoms with E-state index in [0.29, 0.717) is 36.8 Å². The Kier molecular flexibility index (Phi) is 8.39. The largest absolute Gasteiger partial charge is 0.444 e. The summed E-state index contributed by atoms with van der Waals surface area (Å²) in [4.78, 5) is 22.5. The predicted octanol–water partition coefficient (Wildman–Crippen LogP) is 5.96. The van der Waals surface area contributed by atoms with Gasteiger partial charge in [-0.05, 0) is 51.8 Å². The number of rotatable bonds is 6. The number of aromatic nitrogens is 6. The second kappa shape index (κ2) is 12.2. The van der Waals surface area contributed by atoms with Crippen molar-refractivity contribution in [1.82, 2.24) is 33.8 Å². The monoisotopic (exact) mass is 682 g/mol. The quantitative estimate of drug-likeness (QED) is 0.230. The van der Waals surface area contributed by atoms with E-state index in [1.165, 1.54) is 27.9 Å². The van der Waals surface area contributed by atoms with Gasteiger partial charge < -0.3 is 15.0 Å². The molecule has 16 heteroatoms. The van der Waals surface area contributed by atoms with E-state index in [4.69, 9.17) is 4.74 Å². The van der Waals surface area contributed by atoms with Gasteiger partial charge in [-0.1, -0.05) is 35.5 Å². The number of nitrogens with one attached hydrogen (secondary N) is 1. The number of likely N-dealkylation sites (tertiary alicyclic amines) is 1. The van der Waals surface area contributed by atoms with Crippen molar-refractivity contribution in [2.45, 2.75) is 56.3 Å². The number of hydrogen-bond acceptors (Lipinski definition) is 9. The van der Waals surface area contributed by atoms with Gasteiger partial charge in [0.2, 0.25) is 5.95 Å². The van der Waals surface area contributed by atoms with Crippen LogP contribution in [0.2, 0.25) is 0 Å². The highest BCUT2D eigenvalue weighted by Gasteiger charge is 2.37. The van der Waals surface area contributed by atoms with Crippen LogP contribution in [0.3, 0.4) is 0 Å². The van der Waals surface area contributed by atoms with Crippen LogP contribution >= 0.6 is 0 Å². The first kappa shape index (κ1) is 32.9. The van der Waals surface area contributed by atoms with Crippen LogP contribution in [0.1, 0.15) is 39.2 Å². The smallest absolute Gasteiger partial charge is 0.419 e. The first-order chi connectivity index (χ1) is 22.6. The maximum Gasteiger partial charge on any atom is 0.419 e. The Bertz CT molecular complexity index is 2090. The number of fused-ring (bicyclic) bond motifs is 1. The van der Waals surface area contributed by atoms with Crippen LogP contribution in [0.4, 0.5) is 23.9 Å². The Morgan fingerprint density at radius 2 is 1.81 bits per heavy atom. The second-order valence-corrected chi connectivity index (χ2v) is 14.3. The summed E-state index contributed by atoms with van der Waals surface area (Å²) in [6, 6.07) is 12.0. The molecule has 12 nitrogen and oxygen atoms in total. The molecule has 1 amide bonds. The van der Waals surface area contributed by atoms with Gasteiger partial charge in [-0.15, -0.1) is 5.10 Å². The molecule has 2 aromatic carbocycles. The summed E-state index contributed by atoms with van der Waals surface area (Å²) in [6.45, 7) is 6.00. The van der Waals surface area contributed by atoms with Gasteiger partial charge in [-0.25, -0.2) is 31.8 Å². The number of piperidine rings is 1. The van der Waals surface area contributed by atoms with E-state index in [0.717, 1.165) is 10.2 Å². The molecular weight excluding hydrogens is 649 g/mol. The number of alkyl halides is 3. The lowest BCUT2D eigenvalue weighted by Gasteiger charge is -2.34. The molecule has 5 aromatic rings. The van der Waals surface area contributed by atoms with Gasteiger partial charge in [0.1, 0.15) is 11.2 Å². The van der Waals surface area contributed by atoms with Gasteiger partial charge in [0.15, 0.2) is 0 Å². The predicted molar refractivity (Wildman–Crippen MR) is 171 cm³/mol. The Labute approximate surface area is 274 Å². The molecule has 0 aliphatic carbocycles. The van der Waals surface area contributed by atoms with Gasteiger partial charge >= 0.3 is 12.3 Å². The molecule has 1 N–H and O–H groups in total. The molecule has 6 rings (SSSR count). The molecule has 0 radical (unpaired) electrons. The number of carbonyl (C=O) groups excluding carboxylic acids is 1. The highest BCUT2D eigenvalue weighted by atomic mass is 32.2. The average molecular weight is 683 g/mol. The molecule has 0 spiro atoms. The van der Waals surface area contributed by atoms with E-state index in [2.05, 4.69) is 25.6 Å². The van der Waals surface area contributed by atoms with Crippen molar-refractivity contribution in [3.05, 3.63) is 72.7 Å². The molecule has 0 saturated carbocycles. The fourth-order valence-corrected chi connectivity index (χ4v) is 7.02. The van der Waals surface area contributed by atoms with Crippen LogP contribution in [0.5, 0.6) is 0 Å². The highest BCUT2D eigenvalue weighted by molar-refractivity contribution is 7.90. The lowest BCUT2D eigenvalue weighted by Crippen LogP contribution is -2.47. The first-order valence-corrected chi connectivity index (χ1v) is 16.6. The zero-order chi connectivity index (χ0) is 34.4. The van der Waals surface area contributed by atoms with Crippen molar-refractivity contribution in [2.75, 3.05) is 18.4 Å². The fourth-order valence-electron chi connectivity index (χ4n) is 5.64. The molecule has 3 aromatic heterocycles. The Morgan fingerprint density at radius 1 is 1.06 bits per heavy atom. The summed E-state index contributed by atoms with van der Waals surface area (Å²) < 4.78 is 79.4. The lowest BCUT2D eigenvalue weighted by molar-refractivity contribution is -0.137. The number of aryl methyl sites for hydroxylation is 1. The number of benzene rings is 2. The SMILES string of the molecule is Cn1nncc1-c1ccc2c(-c3nc(N[C@H]4CCCN(C(=O)OC(C)(C)C)C4)ncc3C(F)(F)F)cn(S(=O)(=O)c3ccccc3)c2c1. The topological polar surface area (TPSA) is 137 Å². The van der Waals surface area contributed by atoms with Gasteiger partial charge in [0.05, 0.1) is 28.0 Å². The van der Waals surface area contributed by atoms with E-state index in [1.54, 1.807) is 64.2 Å². The normalized spacial score (nSPS) is 15.9. The van der Waals surface area contributed by atoms with Crippen molar-refractivity contribution in [2.24, 2.45) is 7.05 Å². The lowest BCUT2D eigenvalue weighted by atomic mass is 10.0. The number of carbonyl (C=O) groups is 1. The number of ether oxygens (including phenoxy) is 1. The van der Waals surface area contributed by atoms with Crippen molar-refractivity contribution in [1.29, 1.82) is 0 Å². The molecule has 252 valence electrons. The molecule has 1 saturated heterocycles. The van der Waals surface area contributed by atoms with Crippen LogP contribution in [0, 0.1) is 0 Å². The molecule has 1 atom stereocenters. The maximum atomic E-state index is 14.5. The Morgan fingerprint density at radius 3 is 2.48 bits per heavy atom. The van der Waals surface area contributed by atoms with Crippen LogP contribution in [0.15, 0.2) is 72.0 Å². The molecule has 48 heavy (non-hydrogen) atoms. The fraction of sp³-hybridized carbons (Fsp3) is 0.344. The number of anilines is 1. The van der Waals surface area contributed by atoms with Gasteiger partial charge in [0.25, 0.3) is 10.0 Å². The Balaban J connectivity index is 1.46. The zero-order valence-corrected chi connectivity index (χ0v) is 27.4. The molecule has 1 aliphatic rings. The molecule has 0 unspecified atom stereocenters. The second-order valence-electron chi connectivity index (χ2n) is 12.5. The van der Waals surface area contributed by atoms with Crippen LogP contribution in [0.25, 0.3) is 33.4 Å². The number of amides is 1. The summed E-state index contributed by atoms with van der Waals surface area (Å²) in [6.07, 6.45) is -0.770. The molecule has 4 heterocycles. The third-order valence-electron chi connectivity index (χ3n) is 7.84. The summed E-state index contributed by atoms with van der Waals surface area (Å²) in [5.41, 5.74) is -1.13. The average Bonchev–Trinajstić information content (AvgIpc) is 3.64. The minimum absolute atomic E-state index is 0.0472. The van der Waals surface area contributed by atoms with Crippen molar-refractivity contribution < 1.29 is 31.1 Å². The highest BCUT2D eigenvalue weighted by Crippen LogP contribution is 2.41.